The molecule has 0 fully saturated rings. The Morgan fingerprint density at radius 1 is 1.12 bits per heavy atom. The number of ether oxygens (including phenoxy) is 1. The van der Waals surface area contributed by atoms with Gasteiger partial charge in [0.05, 0.1) is 22.1 Å². The van der Waals surface area contributed by atoms with Gasteiger partial charge in [0, 0.05) is 18.5 Å². The lowest BCUT2D eigenvalue weighted by Gasteiger charge is -2.31. The van der Waals surface area contributed by atoms with Crippen molar-refractivity contribution in [2.75, 3.05) is 18.0 Å². The monoisotopic (exact) mass is 385 g/mol. The topological polar surface area (TPSA) is 63.7 Å². The second kappa shape index (κ2) is 6.27. The van der Waals surface area contributed by atoms with Crippen LogP contribution >= 0.6 is 23.2 Å². The number of ketones is 1. The van der Waals surface area contributed by atoms with Gasteiger partial charge in [-0.3, -0.25) is 9.10 Å². The molecule has 8 heteroatoms. The number of Topliss-reactive ketones (excluding diaryl/α,β-unsaturated/α-hetero) is 1. The number of para-hydroxylation sites is 1. The van der Waals surface area contributed by atoms with Crippen molar-refractivity contribution in [3.63, 3.8) is 0 Å². The molecule has 3 rings (SSSR count). The number of methoxy groups -OCH3 is 1. The number of rotatable bonds is 3. The number of anilines is 1. The standard InChI is InChI=1S/C16H13Cl2NO4S/c1-23-15-4-2-3-11-14(20)7-8-19(16(11)15)24(21,22)10-5-6-12(17)13(18)9-10/h2-6,9H,7-8H2,1H3. The molecule has 1 heterocycles. The van der Waals surface area contributed by atoms with Crippen LogP contribution in [0.2, 0.25) is 10.0 Å². The lowest BCUT2D eigenvalue weighted by Crippen LogP contribution is -2.37. The fraction of sp³-hybridized carbons (Fsp3) is 0.188. The fourth-order valence-corrected chi connectivity index (χ4v) is 4.51. The molecule has 24 heavy (non-hydrogen) atoms. The van der Waals surface area contributed by atoms with Gasteiger partial charge in [-0.2, -0.15) is 0 Å². The molecule has 5 nitrogen and oxygen atoms in total. The van der Waals surface area contributed by atoms with Gasteiger partial charge in [0.2, 0.25) is 0 Å². The third-order valence-electron chi connectivity index (χ3n) is 3.79. The summed E-state index contributed by atoms with van der Waals surface area (Å²) in [5.74, 6) is 0.202. The third kappa shape index (κ3) is 2.75. The van der Waals surface area contributed by atoms with Gasteiger partial charge in [-0.25, -0.2) is 8.42 Å². The van der Waals surface area contributed by atoms with Crippen LogP contribution in [0.15, 0.2) is 41.3 Å². The van der Waals surface area contributed by atoms with Crippen molar-refractivity contribution >= 4 is 44.7 Å². The number of nitrogens with zero attached hydrogens (tertiary/aromatic N) is 1. The van der Waals surface area contributed by atoms with Gasteiger partial charge in [-0.05, 0) is 30.3 Å². The first-order valence-corrected chi connectivity index (χ1v) is 9.24. The Morgan fingerprint density at radius 3 is 2.54 bits per heavy atom. The number of fused-ring (bicyclic) bond motifs is 1. The molecule has 0 bridgehead atoms. The van der Waals surface area contributed by atoms with Crippen molar-refractivity contribution in [2.24, 2.45) is 0 Å². The smallest absolute Gasteiger partial charge is 0.264 e. The minimum atomic E-state index is -3.91. The van der Waals surface area contributed by atoms with Gasteiger partial charge in [-0.1, -0.05) is 29.3 Å². The van der Waals surface area contributed by atoms with Crippen molar-refractivity contribution in [1.82, 2.24) is 0 Å². The first kappa shape index (κ1) is 17.1. The molecule has 1 aliphatic heterocycles. The average Bonchev–Trinajstić information content (AvgIpc) is 2.57. The summed E-state index contributed by atoms with van der Waals surface area (Å²) in [6.45, 7) is 0.0365. The van der Waals surface area contributed by atoms with Gasteiger partial charge in [-0.15, -0.1) is 0 Å². The van der Waals surface area contributed by atoms with E-state index in [1.54, 1.807) is 18.2 Å². The van der Waals surface area contributed by atoms with E-state index >= 15 is 0 Å². The molecule has 0 N–H and O–H groups in total. The Bertz CT molecular complexity index is 928. The van der Waals surface area contributed by atoms with E-state index in [0.717, 1.165) is 0 Å². The molecular formula is C16H13Cl2NO4S. The van der Waals surface area contributed by atoms with Crippen LogP contribution < -0.4 is 9.04 Å². The Morgan fingerprint density at radius 2 is 1.88 bits per heavy atom. The highest BCUT2D eigenvalue weighted by atomic mass is 35.5. The number of hydrogen-bond donors (Lipinski definition) is 0. The largest absolute Gasteiger partial charge is 0.495 e. The van der Waals surface area contributed by atoms with Crippen LogP contribution in [-0.2, 0) is 10.0 Å². The number of carbonyl (C=O) groups is 1. The number of hydrogen-bond acceptors (Lipinski definition) is 4. The van der Waals surface area contributed by atoms with Crippen LogP contribution in [0.25, 0.3) is 0 Å². The quantitative estimate of drug-likeness (QED) is 0.806. The second-order valence-corrected chi connectivity index (χ2v) is 7.86. The van der Waals surface area contributed by atoms with Crippen molar-refractivity contribution in [1.29, 1.82) is 0 Å². The van der Waals surface area contributed by atoms with E-state index < -0.39 is 10.0 Å². The normalized spacial score (nSPS) is 14.5. The van der Waals surface area contributed by atoms with Crippen molar-refractivity contribution < 1.29 is 17.9 Å². The Kier molecular flexibility index (Phi) is 4.46. The summed E-state index contributed by atoms with van der Waals surface area (Å²) in [4.78, 5) is 12.1. The van der Waals surface area contributed by atoms with E-state index in [9.17, 15) is 13.2 Å². The predicted octanol–water partition coefficient (Wildman–Crippen LogP) is 3.78. The fourth-order valence-electron chi connectivity index (χ4n) is 2.62. The summed E-state index contributed by atoms with van der Waals surface area (Å²) in [5.41, 5.74) is 0.576. The molecule has 0 radical (unpaired) electrons. The highest BCUT2D eigenvalue weighted by Gasteiger charge is 2.34. The maximum Gasteiger partial charge on any atom is 0.264 e. The van der Waals surface area contributed by atoms with Crippen LogP contribution in [-0.4, -0.2) is 27.9 Å². The van der Waals surface area contributed by atoms with E-state index in [2.05, 4.69) is 0 Å². The highest BCUT2D eigenvalue weighted by molar-refractivity contribution is 7.92. The molecule has 0 amide bonds. The average molecular weight is 386 g/mol. The predicted molar refractivity (Wildman–Crippen MR) is 92.9 cm³/mol. The first-order chi connectivity index (χ1) is 11.4. The van der Waals surface area contributed by atoms with Crippen LogP contribution in [0.5, 0.6) is 5.75 Å². The van der Waals surface area contributed by atoms with Crippen molar-refractivity contribution in [3.8, 4) is 5.75 Å². The second-order valence-electron chi connectivity index (χ2n) is 5.18. The number of benzene rings is 2. The van der Waals surface area contributed by atoms with Gasteiger partial charge in [0.15, 0.2) is 5.78 Å². The zero-order chi connectivity index (χ0) is 17.5. The molecule has 0 atom stereocenters. The van der Waals surface area contributed by atoms with Gasteiger partial charge in [0.1, 0.15) is 11.4 Å². The number of sulfonamides is 1. The summed E-state index contributed by atoms with van der Waals surface area (Å²) in [6.07, 6.45) is 0.0979. The lowest BCUT2D eigenvalue weighted by atomic mass is 10.0. The highest BCUT2D eigenvalue weighted by Crippen LogP contribution is 2.39. The lowest BCUT2D eigenvalue weighted by molar-refractivity contribution is 0.0981. The molecule has 2 aromatic rings. The van der Waals surface area contributed by atoms with Gasteiger partial charge in [0.25, 0.3) is 10.0 Å². The summed E-state index contributed by atoms with van der Waals surface area (Å²) in [6, 6.07) is 8.98. The van der Waals surface area contributed by atoms with E-state index in [4.69, 9.17) is 27.9 Å². The van der Waals surface area contributed by atoms with E-state index in [0.29, 0.717) is 11.3 Å². The molecule has 0 saturated carbocycles. The molecule has 1 aliphatic rings. The Labute approximate surface area is 149 Å². The molecule has 0 aromatic heterocycles. The molecular weight excluding hydrogens is 373 g/mol. The Balaban J connectivity index is 2.18. The van der Waals surface area contributed by atoms with Crippen molar-refractivity contribution in [3.05, 3.63) is 52.0 Å². The van der Waals surface area contributed by atoms with Crippen molar-refractivity contribution in [2.45, 2.75) is 11.3 Å². The summed E-state index contributed by atoms with van der Waals surface area (Å²) in [5, 5.41) is 0.411. The maximum absolute atomic E-state index is 13.0. The molecule has 0 unspecified atom stereocenters. The van der Waals surface area contributed by atoms with Gasteiger partial charge >= 0.3 is 0 Å². The van der Waals surface area contributed by atoms with Gasteiger partial charge < -0.3 is 4.74 Å². The zero-order valence-electron chi connectivity index (χ0n) is 12.6. The number of halogens is 2. The van der Waals surface area contributed by atoms with Crippen LogP contribution in [0.4, 0.5) is 5.69 Å². The van der Waals surface area contributed by atoms with Crippen LogP contribution in [0.3, 0.4) is 0 Å². The minimum absolute atomic E-state index is 0.00288. The van der Waals surface area contributed by atoms with Crippen LogP contribution in [0.1, 0.15) is 16.8 Å². The summed E-state index contributed by atoms with van der Waals surface area (Å²) < 4.78 is 32.5. The van der Waals surface area contributed by atoms with E-state index in [-0.39, 0.29) is 39.4 Å². The first-order valence-electron chi connectivity index (χ1n) is 7.04. The van der Waals surface area contributed by atoms with Crippen LogP contribution in [0, 0.1) is 0 Å². The molecule has 0 saturated heterocycles. The third-order valence-corrected chi connectivity index (χ3v) is 6.32. The molecule has 0 spiro atoms. The summed E-state index contributed by atoms with van der Waals surface area (Å²) >= 11 is 11.8. The molecule has 126 valence electrons. The van der Waals surface area contributed by atoms with E-state index in [1.807, 2.05) is 0 Å². The summed E-state index contributed by atoms with van der Waals surface area (Å²) in [7, 11) is -2.48. The molecule has 0 aliphatic carbocycles. The maximum atomic E-state index is 13.0. The van der Waals surface area contributed by atoms with E-state index in [1.165, 1.54) is 29.6 Å². The number of carbonyl (C=O) groups excluding carboxylic acids is 1. The minimum Gasteiger partial charge on any atom is -0.495 e. The zero-order valence-corrected chi connectivity index (χ0v) is 15.0. The Hall–Kier alpha value is -1.76. The molecule has 2 aromatic carbocycles. The SMILES string of the molecule is COc1cccc2c1N(S(=O)(=O)c1ccc(Cl)c(Cl)c1)CCC2=O.